The fraction of sp³-hybridized carbons (Fsp3) is 0.0476. The molecule has 1 aliphatic carbocycles. The SMILES string of the molecule is CC1(C)c2ccccc2-c2ccc(N(c3ccc(-c4cccc5c4oc4ccccc45)cc3)c3cccc4sc5ccc(-c6ccc7c(c6)c6ccccc6n7-c6ccccc6)cc5c34)cc21. The second-order valence-electron chi connectivity index (χ2n) is 18.4. The number of para-hydroxylation sites is 4. The number of rotatable bonds is 6. The molecular weight excluding hydrogens is 833 g/mol. The van der Waals surface area contributed by atoms with Crippen LogP contribution in [0.4, 0.5) is 17.1 Å². The molecule has 10 aromatic carbocycles. The zero-order valence-corrected chi connectivity index (χ0v) is 37.8. The Morgan fingerprint density at radius 1 is 0.433 bits per heavy atom. The number of thiophene rings is 1. The highest BCUT2D eigenvalue weighted by atomic mass is 32.1. The molecule has 0 amide bonds. The van der Waals surface area contributed by atoms with E-state index in [2.05, 4.69) is 236 Å². The maximum absolute atomic E-state index is 6.51. The lowest BCUT2D eigenvalue weighted by molar-refractivity contribution is 0.660. The Morgan fingerprint density at radius 2 is 1.09 bits per heavy atom. The van der Waals surface area contributed by atoms with Crippen LogP contribution in [0.15, 0.2) is 223 Å². The summed E-state index contributed by atoms with van der Waals surface area (Å²) in [6, 6.07) is 80.2. The zero-order chi connectivity index (χ0) is 44.4. The minimum absolute atomic E-state index is 0.146. The summed E-state index contributed by atoms with van der Waals surface area (Å²) in [6.07, 6.45) is 0. The van der Waals surface area contributed by atoms with Crippen molar-refractivity contribution in [2.75, 3.05) is 4.90 Å². The Kier molecular flexibility index (Phi) is 8.20. The molecular formula is C63H42N2OS. The number of benzene rings is 10. The monoisotopic (exact) mass is 874 g/mol. The predicted octanol–water partition coefficient (Wildman–Crippen LogP) is 18.2. The van der Waals surface area contributed by atoms with Crippen molar-refractivity contribution < 1.29 is 4.42 Å². The molecule has 3 heterocycles. The summed E-state index contributed by atoms with van der Waals surface area (Å²) in [7, 11) is 0. The van der Waals surface area contributed by atoms with Gasteiger partial charge >= 0.3 is 0 Å². The molecule has 1 aliphatic rings. The summed E-state index contributed by atoms with van der Waals surface area (Å²) in [5.41, 5.74) is 18.6. The highest BCUT2D eigenvalue weighted by molar-refractivity contribution is 7.26. The third-order valence-corrected chi connectivity index (χ3v) is 15.5. The molecule has 0 fully saturated rings. The van der Waals surface area contributed by atoms with Crippen LogP contribution in [0.5, 0.6) is 0 Å². The van der Waals surface area contributed by atoms with Gasteiger partial charge in [0.2, 0.25) is 0 Å². The quantitative estimate of drug-likeness (QED) is 0.166. The lowest BCUT2D eigenvalue weighted by Gasteiger charge is -2.29. The van der Waals surface area contributed by atoms with Crippen LogP contribution in [0.3, 0.4) is 0 Å². The molecule has 0 N–H and O–H groups in total. The lowest BCUT2D eigenvalue weighted by Crippen LogP contribution is -2.16. The highest BCUT2D eigenvalue weighted by Crippen LogP contribution is 2.52. The molecule has 4 heteroatoms. The number of nitrogens with zero attached hydrogens (tertiary/aromatic N) is 2. The predicted molar refractivity (Wildman–Crippen MR) is 284 cm³/mol. The number of furan rings is 1. The van der Waals surface area contributed by atoms with Crippen LogP contribution < -0.4 is 4.90 Å². The van der Waals surface area contributed by atoms with E-state index in [1.165, 1.54) is 81.0 Å². The molecule has 316 valence electrons. The molecule has 3 nitrogen and oxygen atoms in total. The Balaban J connectivity index is 0.947. The first-order valence-corrected chi connectivity index (χ1v) is 23.9. The lowest BCUT2D eigenvalue weighted by atomic mass is 9.82. The van der Waals surface area contributed by atoms with Gasteiger partial charge in [-0.15, -0.1) is 11.3 Å². The smallest absolute Gasteiger partial charge is 0.143 e. The maximum Gasteiger partial charge on any atom is 0.143 e. The van der Waals surface area contributed by atoms with E-state index < -0.39 is 0 Å². The van der Waals surface area contributed by atoms with E-state index in [1.807, 2.05) is 17.4 Å². The Hall–Kier alpha value is -8.18. The molecule has 67 heavy (non-hydrogen) atoms. The molecule has 0 radical (unpaired) electrons. The standard InChI is InChI=1S/C63H42N2OS/c1-63(2)53-21-9-6-16-46(53)47-33-32-44(38-54(47)63)64(43-30-26-39(27-31-43)45-19-12-20-50-49-18-8-11-24-58(49)66-62(45)50)57-23-13-25-60-61(57)52-37-41(29-35-59(52)67-60)40-28-34-56-51(36-40)48-17-7-10-22-55(48)65(56)42-14-4-3-5-15-42/h3-38H,1-2H3. The average molecular weight is 875 g/mol. The van der Waals surface area contributed by atoms with Crippen molar-refractivity contribution in [1.29, 1.82) is 0 Å². The van der Waals surface area contributed by atoms with Crippen LogP contribution in [0.25, 0.3) is 103 Å². The highest BCUT2D eigenvalue weighted by Gasteiger charge is 2.36. The van der Waals surface area contributed by atoms with Gasteiger partial charge in [-0.25, -0.2) is 0 Å². The molecule has 0 saturated heterocycles. The minimum atomic E-state index is -0.146. The van der Waals surface area contributed by atoms with Crippen molar-refractivity contribution in [3.05, 3.63) is 230 Å². The summed E-state index contributed by atoms with van der Waals surface area (Å²) >= 11 is 1.87. The van der Waals surface area contributed by atoms with Gasteiger partial charge in [-0.05, 0) is 124 Å². The normalized spacial score (nSPS) is 13.0. The largest absolute Gasteiger partial charge is 0.455 e. The summed E-state index contributed by atoms with van der Waals surface area (Å²) in [5, 5.41) is 7.29. The van der Waals surface area contributed by atoms with Crippen molar-refractivity contribution in [3.8, 4) is 39.1 Å². The third-order valence-electron chi connectivity index (χ3n) is 14.4. The first-order valence-electron chi connectivity index (χ1n) is 23.1. The molecule has 14 rings (SSSR count). The van der Waals surface area contributed by atoms with Gasteiger partial charge in [0.15, 0.2) is 0 Å². The third kappa shape index (κ3) is 5.70. The van der Waals surface area contributed by atoms with Crippen molar-refractivity contribution in [3.63, 3.8) is 0 Å². The first kappa shape index (κ1) is 38.1. The van der Waals surface area contributed by atoms with E-state index in [0.29, 0.717) is 0 Å². The first-order chi connectivity index (χ1) is 33.0. The van der Waals surface area contributed by atoms with Gasteiger partial charge in [0.05, 0.1) is 16.7 Å². The fourth-order valence-corrected chi connectivity index (χ4v) is 12.3. The Bertz CT molecular complexity index is 4130. The Morgan fingerprint density at radius 3 is 1.97 bits per heavy atom. The molecule has 0 saturated carbocycles. The van der Waals surface area contributed by atoms with E-state index in [9.17, 15) is 0 Å². The maximum atomic E-state index is 6.51. The Labute approximate surface area is 392 Å². The molecule has 13 aromatic rings. The number of anilines is 3. The molecule has 0 spiro atoms. The van der Waals surface area contributed by atoms with Crippen LogP contribution in [0.1, 0.15) is 25.0 Å². The van der Waals surface area contributed by atoms with Gasteiger partial charge in [-0.3, -0.25) is 0 Å². The van der Waals surface area contributed by atoms with E-state index in [-0.39, 0.29) is 5.41 Å². The van der Waals surface area contributed by atoms with Crippen LogP contribution in [-0.2, 0) is 5.41 Å². The molecule has 0 atom stereocenters. The topological polar surface area (TPSA) is 21.3 Å². The second-order valence-corrected chi connectivity index (χ2v) is 19.5. The summed E-state index contributed by atoms with van der Waals surface area (Å²) in [5.74, 6) is 0. The molecule has 0 bridgehead atoms. The number of fused-ring (bicyclic) bond motifs is 12. The summed E-state index contributed by atoms with van der Waals surface area (Å²) < 4.78 is 11.4. The fourth-order valence-electron chi connectivity index (χ4n) is 11.2. The van der Waals surface area contributed by atoms with Crippen LogP contribution in [-0.4, -0.2) is 4.57 Å². The van der Waals surface area contributed by atoms with Crippen molar-refractivity contribution in [1.82, 2.24) is 4.57 Å². The number of hydrogen-bond acceptors (Lipinski definition) is 3. The molecule has 0 unspecified atom stereocenters. The number of aromatic nitrogens is 1. The van der Waals surface area contributed by atoms with E-state index in [1.54, 1.807) is 0 Å². The van der Waals surface area contributed by atoms with Gasteiger partial charge in [0.1, 0.15) is 11.2 Å². The van der Waals surface area contributed by atoms with Gasteiger partial charge in [-0.2, -0.15) is 0 Å². The van der Waals surface area contributed by atoms with Gasteiger partial charge in [0, 0.05) is 69.8 Å². The van der Waals surface area contributed by atoms with Gasteiger partial charge < -0.3 is 13.9 Å². The zero-order valence-electron chi connectivity index (χ0n) is 37.0. The van der Waals surface area contributed by atoms with Crippen molar-refractivity contribution in [2.45, 2.75) is 19.3 Å². The average Bonchev–Trinajstić information content (AvgIpc) is 4.11. The second kappa shape index (κ2) is 14.4. The van der Waals surface area contributed by atoms with E-state index >= 15 is 0 Å². The molecule has 3 aromatic heterocycles. The van der Waals surface area contributed by atoms with Crippen LogP contribution in [0, 0.1) is 0 Å². The number of hydrogen-bond donors (Lipinski definition) is 0. The summed E-state index contributed by atoms with van der Waals surface area (Å²) in [6.45, 7) is 4.73. The summed E-state index contributed by atoms with van der Waals surface area (Å²) in [4.78, 5) is 2.48. The van der Waals surface area contributed by atoms with Crippen molar-refractivity contribution >= 4 is 92.3 Å². The van der Waals surface area contributed by atoms with E-state index in [0.717, 1.165) is 50.1 Å². The minimum Gasteiger partial charge on any atom is -0.455 e. The van der Waals surface area contributed by atoms with Crippen LogP contribution >= 0.6 is 11.3 Å². The van der Waals surface area contributed by atoms with Crippen LogP contribution in [0.2, 0.25) is 0 Å². The van der Waals surface area contributed by atoms with Gasteiger partial charge in [-0.1, -0.05) is 147 Å². The van der Waals surface area contributed by atoms with Gasteiger partial charge in [0.25, 0.3) is 0 Å². The van der Waals surface area contributed by atoms with Crippen molar-refractivity contribution in [2.24, 2.45) is 0 Å². The molecule has 0 aliphatic heterocycles. The van der Waals surface area contributed by atoms with E-state index in [4.69, 9.17) is 4.42 Å².